The molecule has 6 rings (SSSR count). The van der Waals surface area contributed by atoms with Crippen LogP contribution in [0.5, 0.6) is 0 Å². The number of hydrogen-bond acceptors (Lipinski definition) is 7. The van der Waals surface area contributed by atoms with E-state index in [0.29, 0.717) is 17.6 Å². The highest BCUT2D eigenvalue weighted by Gasteiger charge is 2.34. The molecule has 10 nitrogen and oxygen atoms in total. The molecule has 0 spiro atoms. The minimum absolute atomic E-state index is 0.125. The number of hydrogen-bond donors (Lipinski definition) is 4. The topological polar surface area (TPSA) is 132 Å². The van der Waals surface area contributed by atoms with Crippen molar-refractivity contribution in [2.24, 2.45) is 0 Å². The van der Waals surface area contributed by atoms with Crippen molar-refractivity contribution in [3.63, 3.8) is 0 Å². The van der Waals surface area contributed by atoms with Crippen LogP contribution in [0, 0.1) is 0 Å². The Bertz CT molecular complexity index is 1240. The predicted octanol–water partition coefficient (Wildman–Crippen LogP) is 2.61. The predicted molar refractivity (Wildman–Crippen MR) is 124 cm³/mol. The van der Waals surface area contributed by atoms with Gasteiger partial charge in [-0.2, -0.15) is 10.1 Å². The van der Waals surface area contributed by atoms with Gasteiger partial charge in [-0.1, -0.05) is 0 Å². The van der Waals surface area contributed by atoms with Crippen molar-refractivity contribution in [3.8, 4) is 0 Å². The molecule has 0 bridgehead atoms. The molecule has 3 aliphatic rings. The zero-order valence-corrected chi connectivity index (χ0v) is 18.2. The van der Waals surface area contributed by atoms with Gasteiger partial charge in [-0.05, 0) is 51.0 Å². The summed E-state index contributed by atoms with van der Waals surface area (Å²) in [5.74, 6) is 2.61. The molecule has 33 heavy (non-hydrogen) atoms. The van der Waals surface area contributed by atoms with Crippen LogP contribution in [0.4, 0.5) is 23.3 Å². The van der Waals surface area contributed by atoms with Crippen molar-refractivity contribution in [1.82, 2.24) is 25.1 Å². The Morgan fingerprint density at radius 2 is 2.03 bits per heavy atom. The molecule has 1 amide bonds. The quantitative estimate of drug-likeness (QED) is 0.458. The summed E-state index contributed by atoms with van der Waals surface area (Å²) in [5, 5.41) is 13.9. The van der Waals surface area contributed by atoms with Crippen LogP contribution >= 0.6 is 0 Å². The molecule has 1 atom stereocenters. The van der Waals surface area contributed by atoms with Crippen LogP contribution in [0.2, 0.25) is 0 Å². The van der Waals surface area contributed by atoms with E-state index in [1.165, 1.54) is 30.8 Å². The maximum absolute atomic E-state index is 13.0. The number of rotatable bonds is 6. The maximum Gasteiger partial charge on any atom is 0.248 e. The number of pyridine rings is 1. The standard InChI is InChI=1S/C23H26N8O2/c32-20-9-8-14(12-24-20)25-22(33)18-5-2-10-31(18)23-26-16-4-1-3-15(16)21(28-23)27-19-11-17(29-30-19)13-6-7-13/h8-9,11-13,18H,1-7,10H2,(H,24,32)(H,25,33)(H2,26,27,28,29,30). The first-order valence-corrected chi connectivity index (χ1v) is 11.6. The number of aromatic amines is 2. The number of carbonyl (C=O) groups excluding carboxylic acids is 1. The van der Waals surface area contributed by atoms with E-state index in [1.54, 1.807) is 6.07 Å². The molecular weight excluding hydrogens is 420 g/mol. The number of aryl methyl sites for hydroxylation is 1. The van der Waals surface area contributed by atoms with Gasteiger partial charge in [0, 0.05) is 42.0 Å². The fourth-order valence-electron chi connectivity index (χ4n) is 4.77. The smallest absolute Gasteiger partial charge is 0.248 e. The fraction of sp³-hybridized carbons (Fsp3) is 0.435. The summed E-state index contributed by atoms with van der Waals surface area (Å²) in [4.78, 5) is 38.6. The summed E-state index contributed by atoms with van der Waals surface area (Å²) in [6.07, 6.45) is 8.45. The first-order valence-electron chi connectivity index (χ1n) is 11.6. The Morgan fingerprint density at radius 1 is 1.12 bits per heavy atom. The largest absolute Gasteiger partial charge is 0.329 e. The zero-order valence-electron chi connectivity index (χ0n) is 18.2. The van der Waals surface area contributed by atoms with E-state index >= 15 is 0 Å². The number of amides is 1. The van der Waals surface area contributed by atoms with E-state index in [1.807, 2.05) is 4.90 Å². The van der Waals surface area contributed by atoms with Gasteiger partial charge in [0.15, 0.2) is 5.82 Å². The third kappa shape index (κ3) is 3.96. The lowest BCUT2D eigenvalue weighted by Gasteiger charge is -2.25. The van der Waals surface area contributed by atoms with Crippen LogP contribution in [0.15, 0.2) is 29.2 Å². The SMILES string of the molecule is O=C(Nc1ccc(=O)[nH]c1)C1CCCN1c1nc2c(c(Nc3cc(C4CC4)[nH]n3)n1)CCC2. The Kier molecular flexibility index (Phi) is 4.85. The second-order valence-corrected chi connectivity index (χ2v) is 9.04. The van der Waals surface area contributed by atoms with Crippen molar-refractivity contribution in [2.45, 2.75) is 56.9 Å². The molecular formula is C23H26N8O2. The summed E-state index contributed by atoms with van der Waals surface area (Å²) in [7, 11) is 0. The molecule has 1 saturated carbocycles. The second-order valence-electron chi connectivity index (χ2n) is 9.04. The molecule has 1 unspecified atom stereocenters. The van der Waals surface area contributed by atoms with Crippen LogP contribution in [0.1, 0.15) is 55.0 Å². The summed E-state index contributed by atoms with van der Waals surface area (Å²) in [5.41, 5.74) is 3.72. The molecule has 170 valence electrons. The average Bonchev–Trinajstić information content (AvgIpc) is 3.20. The van der Waals surface area contributed by atoms with Gasteiger partial charge in [-0.25, -0.2) is 4.98 Å². The van der Waals surface area contributed by atoms with Crippen molar-refractivity contribution in [3.05, 3.63) is 51.7 Å². The van der Waals surface area contributed by atoms with Gasteiger partial charge in [0.05, 0.1) is 11.4 Å². The third-order valence-corrected chi connectivity index (χ3v) is 6.65. The Hall–Kier alpha value is -3.69. The summed E-state index contributed by atoms with van der Waals surface area (Å²) in [6, 6.07) is 4.70. The molecule has 10 heteroatoms. The van der Waals surface area contributed by atoms with Crippen LogP contribution in [0.25, 0.3) is 0 Å². The van der Waals surface area contributed by atoms with Gasteiger partial charge in [0.2, 0.25) is 17.4 Å². The monoisotopic (exact) mass is 446 g/mol. The van der Waals surface area contributed by atoms with E-state index in [4.69, 9.17) is 9.97 Å². The van der Waals surface area contributed by atoms with Crippen molar-refractivity contribution in [2.75, 3.05) is 22.1 Å². The normalized spacial score (nSPS) is 19.5. The number of anilines is 4. The Labute approximate surface area is 190 Å². The van der Waals surface area contributed by atoms with Gasteiger partial charge in [-0.15, -0.1) is 0 Å². The Morgan fingerprint density at radius 3 is 2.85 bits per heavy atom. The highest BCUT2D eigenvalue weighted by Crippen LogP contribution is 2.40. The Balaban J connectivity index is 1.26. The van der Waals surface area contributed by atoms with Gasteiger partial charge < -0.3 is 20.5 Å². The summed E-state index contributed by atoms with van der Waals surface area (Å²) >= 11 is 0. The number of carbonyl (C=O) groups is 1. The van der Waals surface area contributed by atoms with Crippen LogP contribution < -0.4 is 21.1 Å². The molecule has 3 aromatic heterocycles. The van der Waals surface area contributed by atoms with E-state index in [-0.39, 0.29) is 17.5 Å². The summed E-state index contributed by atoms with van der Waals surface area (Å²) in [6.45, 7) is 0.718. The fourth-order valence-corrected chi connectivity index (χ4v) is 4.77. The molecule has 1 saturated heterocycles. The lowest BCUT2D eigenvalue weighted by molar-refractivity contribution is -0.117. The highest BCUT2D eigenvalue weighted by molar-refractivity contribution is 5.96. The minimum atomic E-state index is -0.365. The van der Waals surface area contributed by atoms with Crippen molar-refractivity contribution < 1.29 is 4.79 Å². The van der Waals surface area contributed by atoms with E-state index in [9.17, 15) is 9.59 Å². The lowest BCUT2D eigenvalue weighted by atomic mass is 10.2. The number of aromatic nitrogens is 5. The van der Waals surface area contributed by atoms with Gasteiger partial charge in [0.1, 0.15) is 11.9 Å². The van der Waals surface area contributed by atoms with Crippen molar-refractivity contribution >= 4 is 29.2 Å². The van der Waals surface area contributed by atoms with Crippen LogP contribution in [-0.2, 0) is 17.6 Å². The molecule has 2 aliphatic carbocycles. The van der Waals surface area contributed by atoms with E-state index in [2.05, 4.69) is 31.9 Å². The number of fused-ring (bicyclic) bond motifs is 1. The number of H-pyrrole nitrogens is 2. The average molecular weight is 447 g/mol. The van der Waals surface area contributed by atoms with Crippen LogP contribution in [-0.4, -0.2) is 43.6 Å². The van der Waals surface area contributed by atoms with Gasteiger partial charge in [0.25, 0.3) is 0 Å². The van der Waals surface area contributed by atoms with Gasteiger partial charge in [-0.3, -0.25) is 14.7 Å². The highest BCUT2D eigenvalue weighted by atomic mass is 16.2. The number of nitrogens with one attached hydrogen (secondary N) is 4. The third-order valence-electron chi connectivity index (χ3n) is 6.65. The molecule has 3 aromatic rings. The molecule has 0 aromatic carbocycles. The molecule has 4 heterocycles. The molecule has 0 radical (unpaired) electrons. The second kappa shape index (κ2) is 8.02. The number of nitrogens with zero attached hydrogens (tertiary/aromatic N) is 4. The minimum Gasteiger partial charge on any atom is -0.329 e. The lowest BCUT2D eigenvalue weighted by Crippen LogP contribution is -2.40. The van der Waals surface area contributed by atoms with E-state index < -0.39 is 0 Å². The summed E-state index contributed by atoms with van der Waals surface area (Å²) < 4.78 is 0. The molecule has 4 N–H and O–H groups in total. The van der Waals surface area contributed by atoms with E-state index in [0.717, 1.165) is 61.5 Å². The zero-order chi connectivity index (χ0) is 22.4. The van der Waals surface area contributed by atoms with Crippen molar-refractivity contribution in [1.29, 1.82) is 0 Å². The first kappa shape index (κ1) is 20.0. The first-order chi connectivity index (χ1) is 16.1. The maximum atomic E-state index is 13.0. The molecule has 2 fully saturated rings. The van der Waals surface area contributed by atoms with Gasteiger partial charge >= 0.3 is 0 Å². The molecule has 1 aliphatic heterocycles. The van der Waals surface area contributed by atoms with Crippen LogP contribution in [0.3, 0.4) is 0 Å².